The number of benzene rings is 1. The molecule has 0 saturated carbocycles. The fraction of sp³-hybridized carbons (Fsp3) is 0.529. The van der Waals surface area contributed by atoms with Crippen molar-refractivity contribution in [2.75, 3.05) is 18.0 Å². The standard InChI is InChI=1S/C17H23N3O2/c1-12-6-8-13(9-7-12)14-18-15(21-19-14)20-10-16(2,3)22-17(4,5)11-20/h6-9H,10-11H2,1-5H3. The number of morpholine rings is 1. The van der Waals surface area contributed by atoms with Gasteiger partial charge in [-0.3, -0.25) is 0 Å². The largest absolute Gasteiger partial charge is 0.366 e. The van der Waals surface area contributed by atoms with Gasteiger partial charge in [0.1, 0.15) is 0 Å². The van der Waals surface area contributed by atoms with Crippen molar-refractivity contribution in [2.24, 2.45) is 0 Å². The van der Waals surface area contributed by atoms with Crippen LogP contribution in [-0.4, -0.2) is 34.4 Å². The van der Waals surface area contributed by atoms with Crippen molar-refractivity contribution < 1.29 is 9.26 Å². The highest BCUT2D eigenvalue weighted by Gasteiger charge is 2.39. The Balaban J connectivity index is 1.85. The zero-order chi connectivity index (χ0) is 16.0. The first-order chi connectivity index (χ1) is 10.2. The Labute approximate surface area is 131 Å². The molecule has 1 fully saturated rings. The van der Waals surface area contributed by atoms with Crippen LogP contribution in [0.3, 0.4) is 0 Å². The fourth-order valence-corrected chi connectivity index (χ4v) is 3.09. The van der Waals surface area contributed by atoms with E-state index in [1.807, 2.05) is 24.3 Å². The Kier molecular flexibility index (Phi) is 3.48. The number of hydrogen-bond donors (Lipinski definition) is 0. The van der Waals surface area contributed by atoms with Crippen LogP contribution in [0.1, 0.15) is 33.3 Å². The minimum absolute atomic E-state index is 0.250. The maximum Gasteiger partial charge on any atom is 0.324 e. The lowest BCUT2D eigenvalue weighted by Gasteiger charge is -2.46. The number of nitrogens with zero attached hydrogens (tertiary/aromatic N) is 3. The molecule has 22 heavy (non-hydrogen) atoms. The molecule has 0 radical (unpaired) electrons. The van der Waals surface area contributed by atoms with Gasteiger partial charge in [-0.1, -0.05) is 35.0 Å². The van der Waals surface area contributed by atoms with Crippen LogP contribution in [0.4, 0.5) is 6.01 Å². The molecule has 3 rings (SSSR count). The van der Waals surface area contributed by atoms with Crippen LogP contribution in [-0.2, 0) is 4.74 Å². The van der Waals surface area contributed by atoms with Crippen LogP contribution >= 0.6 is 0 Å². The predicted octanol–water partition coefficient (Wildman–Crippen LogP) is 3.44. The summed E-state index contributed by atoms with van der Waals surface area (Å²) in [5, 5.41) is 4.12. The highest BCUT2D eigenvalue weighted by Crippen LogP contribution is 2.31. The summed E-state index contributed by atoms with van der Waals surface area (Å²) in [7, 11) is 0. The second kappa shape index (κ2) is 5.09. The SMILES string of the molecule is Cc1ccc(-c2noc(N3CC(C)(C)OC(C)(C)C3)n2)cc1. The number of ether oxygens (including phenoxy) is 1. The number of aryl methyl sites for hydroxylation is 1. The summed E-state index contributed by atoms with van der Waals surface area (Å²) in [5.41, 5.74) is 1.68. The Bertz CT molecular complexity index is 643. The lowest BCUT2D eigenvalue weighted by Crippen LogP contribution is -2.57. The third-order valence-corrected chi connectivity index (χ3v) is 3.69. The van der Waals surface area contributed by atoms with Crippen molar-refractivity contribution in [1.82, 2.24) is 10.1 Å². The summed E-state index contributed by atoms with van der Waals surface area (Å²) in [6.45, 7) is 11.8. The zero-order valence-electron chi connectivity index (χ0n) is 13.9. The van der Waals surface area contributed by atoms with Gasteiger partial charge in [0.25, 0.3) is 0 Å². The average Bonchev–Trinajstić information content (AvgIpc) is 2.85. The summed E-state index contributed by atoms with van der Waals surface area (Å²) in [6, 6.07) is 8.67. The summed E-state index contributed by atoms with van der Waals surface area (Å²) in [5.74, 6) is 0.622. The molecule has 0 amide bonds. The van der Waals surface area contributed by atoms with Crippen LogP contribution in [0.5, 0.6) is 0 Å². The minimum atomic E-state index is -0.250. The monoisotopic (exact) mass is 301 g/mol. The van der Waals surface area contributed by atoms with E-state index in [1.165, 1.54) is 5.56 Å². The maximum absolute atomic E-state index is 6.09. The van der Waals surface area contributed by atoms with E-state index >= 15 is 0 Å². The van der Waals surface area contributed by atoms with Crippen LogP contribution in [0.15, 0.2) is 28.8 Å². The van der Waals surface area contributed by atoms with Gasteiger partial charge in [-0.2, -0.15) is 4.98 Å². The number of hydrogen-bond acceptors (Lipinski definition) is 5. The molecule has 0 N–H and O–H groups in total. The molecule has 0 spiro atoms. The van der Waals surface area contributed by atoms with Gasteiger partial charge in [0, 0.05) is 5.56 Å². The molecule has 1 aromatic carbocycles. The predicted molar refractivity (Wildman–Crippen MR) is 85.9 cm³/mol. The van der Waals surface area contributed by atoms with Crippen LogP contribution < -0.4 is 4.90 Å². The second-order valence-electron chi connectivity index (χ2n) is 7.24. The molecule has 5 heteroatoms. The van der Waals surface area contributed by atoms with Gasteiger partial charge in [-0.05, 0) is 34.6 Å². The molecule has 2 aromatic rings. The summed E-state index contributed by atoms with van der Waals surface area (Å²) in [4.78, 5) is 6.66. The molecule has 0 atom stereocenters. The van der Waals surface area contributed by atoms with E-state index in [9.17, 15) is 0 Å². The smallest absolute Gasteiger partial charge is 0.324 e. The summed E-state index contributed by atoms with van der Waals surface area (Å²) in [6.07, 6.45) is 0. The molecule has 1 aliphatic heterocycles. The van der Waals surface area contributed by atoms with Gasteiger partial charge in [-0.15, -0.1) is 0 Å². The lowest BCUT2D eigenvalue weighted by atomic mass is 9.99. The minimum Gasteiger partial charge on any atom is -0.366 e. The van der Waals surface area contributed by atoms with Gasteiger partial charge in [0.2, 0.25) is 5.82 Å². The highest BCUT2D eigenvalue weighted by molar-refractivity contribution is 5.56. The van der Waals surface area contributed by atoms with Crippen molar-refractivity contribution >= 4 is 6.01 Å². The molecular formula is C17H23N3O2. The van der Waals surface area contributed by atoms with Crippen molar-refractivity contribution in [3.63, 3.8) is 0 Å². The van der Waals surface area contributed by atoms with E-state index in [0.29, 0.717) is 11.8 Å². The van der Waals surface area contributed by atoms with Gasteiger partial charge in [0.05, 0.1) is 24.3 Å². The fourth-order valence-electron chi connectivity index (χ4n) is 3.09. The molecule has 0 bridgehead atoms. The Morgan fingerprint density at radius 3 is 2.18 bits per heavy atom. The third-order valence-electron chi connectivity index (χ3n) is 3.69. The van der Waals surface area contributed by atoms with Crippen molar-refractivity contribution in [2.45, 2.75) is 45.8 Å². The first kappa shape index (κ1) is 15.0. The molecule has 1 aliphatic rings. The van der Waals surface area contributed by atoms with Crippen LogP contribution in [0.2, 0.25) is 0 Å². The van der Waals surface area contributed by atoms with Crippen LogP contribution in [0.25, 0.3) is 11.4 Å². The van der Waals surface area contributed by atoms with E-state index in [-0.39, 0.29) is 11.2 Å². The topological polar surface area (TPSA) is 51.4 Å². The Hall–Kier alpha value is -1.88. The highest BCUT2D eigenvalue weighted by atomic mass is 16.5. The molecule has 118 valence electrons. The molecule has 5 nitrogen and oxygen atoms in total. The lowest BCUT2D eigenvalue weighted by molar-refractivity contribution is -0.134. The zero-order valence-corrected chi connectivity index (χ0v) is 13.9. The molecule has 2 heterocycles. The maximum atomic E-state index is 6.09. The van der Waals surface area contributed by atoms with Crippen molar-refractivity contribution in [3.8, 4) is 11.4 Å². The molecule has 0 aliphatic carbocycles. The van der Waals surface area contributed by atoms with E-state index in [0.717, 1.165) is 18.7 Å². The Morgan fingerprint density at radius 1 is 1.00 bits per heavy atom. The van der Waals surface area contributed by atoms with Gasteiger partial charge in [-0.25, -0.2) is 0 Å². The van der Waals surface area contributed by atoms with Crippen LogP contribution in [0, 0.1) is 6.92 Å². The Morgan fingerprint density at radius 2 is 1.59 bits per heavy atom. The molecular weight excluding hydrogens is 278 g/mol. The number of aromatic nitrogens is 2. The summed E-state index contributed by atoms with van der Waals surface area (Å²) < 4.78 is 11.6. The van der Waals surface area contributed by atoms with E-state index < -0.39 is 0 Å². The van der Waals surface area contributed by atoms with E-state index in [4.69, 9.17) is 9.26 Å². The third kappa shape index (κ3) is 3.14. The first-order valence-electron chi connectivity index (χ1n) is 7.60. The summed E-state index contributed by atoms with van der Waals surface area (Å²) >= 11 is 0. The van der Waals surface area contributed by atoms with Gasteiger partial charge < -0.3 is 14.2 Å². The van der Waals surface area contributed by atoms with Crippen molar-refractivity contribution in [1.29, 1.82) is 0 Å². The van der Waals surface area contributed by atoms with Crippen molar-refractivity contribution in [3.05, 3.63) is 29.8 Å². The molecule has 1 saturated heterocycles. The second-order valence-corrected chi connectivity index (χ2v) is 7.24. The number of rotatable bonds is 2. The number of anilines is 1. The van der Waals surface area contributed by atoms with Gasteiger partial charge in [0.15, 0.2) is 0 Å². The first-order valence-corrected chi connectivity index (χ1v) is 7.60. The molecule has 0 unspecified atom stereocenters. The normalized spacial score (nSPS) is 20.1. The molecule has 1 aromatic heterocycles. The average molecular weight is 301 g/mol. The quantitative estimate of drug-likeness (QED) is 0.850. The van der Waals surface area contributed by atoms with Gasteiger partial charge >= 0.3 is 6.01 Å². The van der Waals surface area contributed by atoms with E-state index in [2.05, 4.69) is 49.7 Å². The van der Waals surface area contributed by atoms with E-state index in [1.54, 1.807) is 0 Å².